The lowest BCUT2D eigenvalue weighted by Crippen LogP contribution is -2.21. The van der Waals surface area contributed by atoms with E-state index in [1.165, 1.54) is 10.8 Å². The van der Waals surface area contributed by atoms with Gasteiger partial charge in [-0.25, -0.2) is 14.6 Å². The van der Waals surface area contributed by atoms with Crippen molar-refractivity contribution >= 4 is 29.3 Å². The van der Waals surface area contributed by atoms with Gasteiger partial charge in [0.2, 0.25) is 5.82 Å². The first kappa shape index (κ1) is 18.1. The highest BCUT2D eigenvalue weighted by molar-refractivity contribution is 6.31. The number of hydrogen-bond donors (Lipinski definition) is 0. The van der Waals surface area contributed by atoms with E-state index in [-0.39, 0.29) is 30.5 Å². The second-order valence-electron chi connectivity index (χ2n) is 5.68. The number of carbonyl (C=O) groups is 3. The number of esters is 2. The van der Waals surface area contributed by atoms with Crippen LogP contribution in [0.3, 0.4) is 0 Å². The van der Waals surface area contributed by atoms with E-state index in [0.717, 1.165) is 5.56 Å². The molecule has 0 radical (unpaired) electrons. The van der Waals surface area contributed by atoms with E-state index in [9.17, 15) is 14.4 Å². The van der Waals surface area contributed by atoms with Crippen molar-refractivity contribution in [3.8, 4) is 0 Å². The lowest BCUT2D eigenvalue weighted by molar-refractivity contribution is 0.0504. The molecule has 0 aliphatic heterocycles. The fraction of sp³-hybridized carbons (Fsp3) is 0.333. The fourth-order valence-corrected chi connectivity index (χ4v) is 3.11. The van der Waals surface area contributed by atoms with Gasteiger partial charge in [0.15, 0.2) is 11.5 Å². The summed E-state index contributed by atoms with van der Waals surface area (Å²) in [6, 6.07) is 4.40. The first-order chi connectivity index (χ1) is 12.5. The summed E-state index contributed by atoms with van der Waals surface area (Å²) >= 11 is 5.98. The minimum atomic E-state index is -0.704. The van der Waals surface area contributed by atoms with Gasteiger partial charge in [-0.2, -0.15) is 0 Å². The average Bonchev–Trinajstić information content (AvgIpc) is 3.18. The quantitative estimate of drug-likeness (QED) is 0.745. The summed E-state index contributed by atoms with van der Waals surface area (Å²) in [5.41, 5.74) is 1.28. The predicted molar refractivity (Wildman–Crippen MR) is 92.7 cm³/mol. The third kappa shape index (κ3) is 3.22. The van der Waals surface area contributed by atoms with Gasteiger partial charge in [-0.05, 0) is 31.5 Å². The first-order valence-electron chi connectivity index (χ1n) is 8.22. The van der Waals surface area contributed by atoms with Crippen LogP contribution in [0.4, 0.5) is 0 Å². The van der Waals surface area contributed by atoms with Crippen LogP contribution in [0, 0.1) is 0 Å². The van der Waals surface area contributed by atoms with Crippen LogP contribution in [0.15, 0.2) is 24.4 Å². The summed E-state index contributed by atoms with van der Waals surface area (Å²) < 4.78 is 11.3. The number of ketones is 1. The average molecular weight is 377 g/mol. The molecule has 0 bridgehead atoms. The predicted octanol–water partition coefficient (Wildman–Crippen LogP) is 2.87. The molecule has 2 aromatic rings. The normalized spacial score (nSPS) is 15.7. The number of hydrogen-bond acceptors (Lipinski definition) is 6. The van der Waals surface area contributed by atoms with Gasteiger partial charge >= 0.3 is 11.9 Å². The Bertz CT molecular complexity index is 890. The molecule has 7 nitrogen and oxygen atoms in total. The number of ether oxygens (including phenoxy) is 2. The summed E-state index contributed by atoms with van der Waals surface area (Å²) in [7, 11) is 0. The Labute approximate surface area is 154 Å². The maximum absolute atomic E-state index is 12.8. The van der Waals surface area contributed by atoms with Gasteiger partial charge in [-0.15, -0.1) is 0 Å². The fourth-order valence-electron chi connectivity index (χ4n) is 2.94. The van der Waals surface area contributed by atoms with Crippen molar-refractivity contribution in [3.63, 3.8) is 0 Å². The highest BCUT2D eigenvalue weighted by Gasteiger charge is 2.35. The first-order valence-corrected chi connectivity index (χ1v) is 8.59. The zero-order chi connectivity index (χ0) is 18.8. The van der Waals surface area contributed by atoms with Crippen molar-refractivity contribution in [1.82, 2.24) is 9.55 Å². The molecule has 0 saturated heterocycles. The molecule has 1 aliphatic carbocycles. The smallest absolute Gasteiger partial charge is 0.374 e. The van der Waals surface area contributed by atoms with Crippen LogP contribution in [-0.2, 0) is 15.9 Å². The third-order valence-electron chi connectivity index (χ3n) is 4.06. The van der Waals surface area contributed by atoms with E-state index < -0.39 is 18.0 Å². The van der Waals surface area contributed by atoms with Gasteiger partial charge in [-0.3, -0.25) is 4.79 Å². The summed E-state index contributed by atoms with van der Waals surface area (Å²) in [5, 5.41) is 0.459. The number of carbonyl (C=O) groups excluding carboxylic acids is 3. The molecule has 1 unspecified atom stereocenters. The monoisotopic (exact) mass is 376 g/mol. The molecule has 0 N–H and O–H groups in total. The van der Waals surface area contributed by atoms with Crippen LogP contribution >= 0.6 is 11.6 Å². The number of halogens is 1. The van der Waals surface area contributed by atoms with Crippen LogP contribution in [0.2, 0.25) is 5.02 Å². The summed E-state index contributed by atoms with van der Waals surface area (Å²) in [5.74, 6) is -1.67. The number of imidazole rings is 1. The number of rotatable bonds is 5. The second kappa shape index (κ2) is 7.29. The van der Waals surface area contributed by atoms with Crippen molar-refractivity contribution in [1.29, 1.82) is 0 Å². The van der Waals surface area contributed by atoms with E-state index >= 15 is 0 Å². The molecule has 1 aromatic carbocycles. The van der Waals surface area contributed by atoms with E-state index in [1.54, 1.807) is 32.0 Å². The summed E-state index contributed by atoms with van der Waals surface area (Å²) in [6.07, 6.45) is 1.73. The van der Waals surface area contributed by atoms with Crippen LogP contribution < -0.4 is 0 Å². The molecule has 8 heteroatoms. The Balaban J connectivity index is 2.02. The van der Waals surface area contributed by atoms with E-state index in [4.69, 9.17) is 21.1 Å². The van der Waals surface area contributed by atoms with Crippen LogP contribution in [0.5, 0.6) is 0 Å². The molecule has 0 saturated carbocycles. The number of Topliss-reactive ketones (excluding diaryl/α,β-unsaturated/α-hetero) is 1. The lowest BCUT2D eigenvalue weighted by Gasteiger charge is -2.12. The molecule has 0 fully saturated rings. The largest absolute Gasteiger partial charge is 0.461 e. The van der Waals surface area contributed by atoms with Crippen LogP contribution in [0.1, 0.15) is 56.9 Å². The van der Waals surface area contributed by atoms with E-state index in [0.29, 0.717) is 17.0 Å². The Morgan fingerprint density at radius 1 is 1.23 bits per heavy atom. The minimum absolute atomic E-state index is 0.0447. The van der Waals surface area contributed by atoms with Gasteiger partial charge in [0.05, 0.1) is 13.2 Å². The molecule has 0 spiro atoms. The minimum Gasteiger partial charge on any atom is -0.461 e. The summed E-state index contributed by atoms with van der Waals surface area (Å²) in [6.45, 7) is 3.65. The van der Waals surface area contributed by atoms with Gasteiger partial charge in [-0.1, -0.05) is 17.7 Å². The zero-order valence-electron chi connectivity index (χ0n) is 14.3. The van der Waals surface area contributed by atoms with Crippen molar-refractivity contribution in [3.05, 3.63) is 52.1 Å². The second-order valence-corrected chi connectivity index (χ2v) is 6.12. The van der Waals surface area contributed by atoms with Crippen LogP contribution in [0.25, 0.3) is 0 Å². The molecular formula is C18H17ClN2O5. The zero-order valence-corrected chi connectivity index (χ0v) is 15.1. The highest BCUT2D eigenvalue weighted by atomic mass is 35.5. The molecule has 1 aliphatic rings. The third-order valence-corrected chi connectivity index (χ3v) is 4.30. The van der Waals surface area contributed by atoms with Crippen LogP contribution in [-0.4, -0.2) is 40.5 Å². The number of benzene rings is 1. The van der Waals surface area contributed by atoms with E-state index in [1.807, 2.05) is 0 Å². The van der Waals surface area contributed by atoms with Gasteiger partial charge < -0.3 is 14.0 Å². The molecular weight excluding hydrogens is 360 g/mol. The molecule has 0 amide bonds. The maximum atomic E-state index is 12.8. The van der Waals surface area contributed by atoms with Crippen molar-refractivity contribution in [2.75, 3.05) is 13.2 Å². The molecule has 1 heterocycles. The number of nitrogens with zero attached hydrogens (tertiary/aromatic N) is 2. The summed E-state index contributed by atoms with van der Waals surface area (Å²) in [4.78, 5) is 41.1. The van der Waals surface area contributed by atoms with Gasteiger partial charge in [0, 0.05) is 23.2 Å². The highest BCUT2D eigenvalue weighted by Crippen LogP contribution is 2.33. The van der Waals surface area contributed by atoms with Crippen molar-refractivity contribution < 1.29 is 23.9 Å². The Morgan fingerprint density at radius 3 is 2.62 bits per heavy atom. The SMILES string of the molecule is CCOC(=O)c1cn(C2Cc3ccc(Cl)cc3C2=O)c(C(=O)OCC)n1. The number of fused-ring (bicyclic) bond motifs is 1. The number of aromatic nitrogens is 2. The Kier molecular flexibility index (Phi) is 5.08. The van der Waals surface area contributed by atoms with Crippen molar-refractivity contribution in [2.45, 2.75) is 26.3 Å². The Hall–Kier alpha value is -2.67. The van der Waals surface area contributed by atoms with Crippen molar-refractivity contribution in [2.24, 2.45) is 0 Å². The maximum Gasteiger partial charge on any atom is 0.374 e. The molecule has 1 aromatic heterocycles. The topological polar surface area (TPSA) is 87.5 Å². The van der Waals surface area contributed by atoms with Gasteiger partial charge in [0.1, 0.15) is 6.04 Å². The van der Waals surface area contributed by atoms with E-state index in [2.05, 4.69) is 4.98 Å². The lowest BCUT2D eigenvalue weighted by atomic mass is 10.1. The standard InChI is InChI=1S/C18H17ClN2O5/c1-3-25-17(23)13-9-21(16(20-13)18(24)26-4-2)14-7-10-5-6-11(19)8-12(10)15(14)22/h5-6,8-9,14H,3-4,7H2,1-2H3. The molecule has 1 atom stereocenters. The Morgan fingerprint density at radius 2 is 1.92 bits per heavy atom. The molecule has 136 valence electrons. The molecule has 26 heavy (non-hydrogen) atoms. The molecule has 3 rings (SSSR count). The van der Waals surface area contributed by atoms with Gasteiger partial charge in [0.25, 0.3) is 0 Å².